The highest BCUT2D eigenvalue weighted by Crippen LogP contribution is 2.24. The quantitative estimate of drug-likeness (QED) is 0.674. The summed E-state index contributed by atoms with van der Waals surface area (Å²) in [5.41, 5.74) is 9.44. The molecule has 0 aliphatic carbocycles. The number of aromatic nitrogens is 2. The summed E-state index contributed by atoms with van der Waals surface area (Å²) in [5.74, 6) is 0.574. The number of nitrogens with one attached hydrogen (secondary N) is 2. The van der Waals surface area contributed by atoms with Crippen LogP contribution in [0.3, 0.4) is 0 Å². The normalized spacial score (nSPS) is 19.0. The number of nitrogens with two attached hydrogens (primary N) is 1. The van der Waals surface area contributed by atoms with Crippen molar-refractivity contribution in [2.24, 2.45) is 11.7 Å². The third-order valence-corrected chi connectivity index (χ3v) is 3.15. The van der Waals surface area contributed by atoms with Crippen LogP contribution >= 0.6 is 0 Å². The smallest absolute Gasteiger partial charge is 0.0931 e. The fourth-order valence-corrected chi connectivity index (χ4v) is 2.00. The average Bonchev–Trinajstić information content (AvgIpc) is 2.61. The molecule has 2 heterocycles. The first-order valence-corrected chi connectivity index (χ1v) is 5.24. The van der Waals surface area contributed by atoms with E-state index in [4.69, 9.17) is 5.73 Å². The Morgan fingerprint density at radius 1 is 1.40 bits per heavy atom. The minimum atomic E-state index is 0.138. The van der Waals surface area contributed by atoms with Crippen LogP contribution in [0.4, 0.5) is 0 Å². The van der Waals surface area contributed by atoms with E-state index in [1.165, 1.54) is 5.56 Å². The van der Waals surface area contributed by atoms with E-state index < -0.39 is 0 Å². The Bertz CT molecular complexity index is 472. The van der Waals surface area contributed by atoms with Crippen molar-refractivity contribution in [1.82, 2.24) is 15.3 Å². The van der Waals surface area contributed by atoms with Gasteiger partial charge in [-0.1, -0.05) is 6.07 Å². The number of aromatic amines is 1. The minimum Gasteiger partial charge on any atom is -0.345 e. The molecule has 1 atom stereocenters. The van der Waals surface area contributed by atoms with E-state index in [0.717, 1.165) is 24.1 Å². The predicted molar refractivity (Wildman–Crippen MR) is 59.4 cm³/mol. The van der Waals surface area contributed by atoms with Crippen molar-refractivity contribution in [3.8, 4) is 0 Å². The van der Waals surface area contributed by atoms with Gasteiger partial charge in [-0.05, 0) is 17.7 Å². The zero-order valence-corrected chi connectivity index (χ0v) is 8.40. The molecule has 1 aliphatic heterocycles. The number of hydrogen-bond acceptors (Lipinski definition) is 3. The van der Waals surface area contributed by atoms with Gasteiger partial charge in [-0.25, -0.2) is 4.98 Å². The van der Waals surface area contributed by atoms with Gasteiger partial charge in [-0.2, -0.15) is 0 Å². The van der Waals surface area contributed by atoms with Gasteiger partial charge in [-0.3, -0.25) is 0 Å². The van der Waals surface area contributed by atoms with Gasteiger partial charge in [0.15, 0.2) is 0 Å². The lowest BCUT2D eigenvalue weighted by Crippen LogP contribution is -2.47. The molecular weight excluding hydrogens is 188 g/mol. The van der Waals surface area contributed by atoms with Crippen molar-refractivity contribution in [2.45, 2.75) is 6.04 Å². The van der Waals surface area contributed by atoms with E-state index in [-0.39, 0.29) is 6.04 Å². The molecule has 0 saturated carbocycles. The first-order valence-electron chi connectivity index (χ1n) is 5.24. The molecule has 3 rings (SSSR count). The summed E-state index contributed by atoms with van der Waals surface area (Å²) in [6.07, 6.45) is 1.71. The maximum absolute atomic E-state index is 6.19. The highest BCUT2D eigenvalue weighted by molar-refractivity contribution is 5.75. The van der Waals surface area contributed by atoms with Crippen LogP contribution in [0.15, 0.2) is 24.5 Å². The lowest BCUT2D eigenvalue weighted by Gasteiger charge is -2.32. The van der Waals surface area contributed by atoms with Crippen LogP contribution in [0.5, 0.6) is 0 Å². The molecule has 1 fully saturated rings. The lowest BCUT2D eigenvalue weighted by molar-refractivity contribution is 0.295. The van der Waals surface area contributed by atoms with Gasteiger partial charge in [0.05, 0.1) is 17.4 Å². The van der Waals surface area contributed by atoms with Gasteiger partial charge in [0.25, 0.3) is 0 Å². The molecule has 1 aliphatic rings. The number of fused-ring (bicyclic) bond motifs is 1. The van der Waals surface area contributed by atoms with Gasteiger partial charge < -0.3 is 16.0 Å². The Balaban J connectivity index is 1.95. The molecule has 4 N–H and O–H groups in total. The molecule has 1 aromatic carbocycles. The SMILES string of the molecule is NC(c1ccc2nc[nH]c2c1)C1CNC1. The summed E-state index contributed by atoms with van der Waals surface area (Å²) < 4.78 is 0. The van der Waals surface area contributed by atoms with E-state index in [1.54, 1.807) is 6.33 Å². The third kappa shape index (κ3) is 1.42. The predicted octanol–water partition coefficient (Wildman–Crippen LogP) is 0.782. The van der Waals surface area contributed by atoms with Crippen LogP contribution < -0.4 is 11.1 Å². The Labute approximate surface area is 87.9 Å². The molecule has 1 unspecified atom stereocenters. The summed E-state index contributed by atoms with van der Waals surface area (Å²) in [6.45, 7) is 2.06. The fourth-order valence-electron chi connectivity index (χ4n) is 2.00. The van der Waals surface area contributed by atoms with Crippen LogP contribution in [0.25, 0.3) is 11.0 Å². The summed E-state index contributed by atoms with van der Waals surface area (Å²) >= 11 is 0. The van der Waals surface area contributed by atoms with Crippen LogP contribution in [0.1, 0.15) is 11.6 Å². The van der Waals surface area contributed by atoms with E-state index >= 15 is 0 Å². The number of hydrogen-bond donors (Lipinski definition) is 3. The zero-order chi connectivity index (χ0) is 10.3. The summed E-state index contributed by atoms with van der Waals surface area (Å²) in [6, 6.07) is 6.34. The van der Waals surface area contributed by atoms with E-state index in [0.29, 0.717) is 5.92 Å². The van der Waals surface area contributed by atoms with Gasteiger partial charge in [-0.15, -0.1) is 0 Å². The van der Waals surface area contributed by atoms with Gasteiger partial charge in [0, 0.05) is 25.0 Å². The van der Waals surface area contributed by atoms with Gasteiger partial charge >= 0.3 is 0 Å². The topological polar surface area (TPSA) is 66.7 Å². The monoisotopic (exact) mass is 202 g/mol. The first kappa shape index (κ1) is 8.88. The number of H-pyrrole nitrogens is 1. The minimum absolute atomic E-state index is 0.138. The second-order valence-corrected chi connectivity index (χ2v) is 4.12. The van der Waals surface area contributed by atoms with E-state index in [2.05, 4.69) is 27.4 Å². The Kier molecular flexibility index (Phi) is 1.97. The molecule has 0 radical (unpaired) electrons. The van der Waals surface area contributed by atoms with Gasteiger partial charge in [0.2, 0.25) is 0 Å². The molecule has 0 spiro atoms. The molecule has 0 amide bonds. The highest BCUT2D eigenvalue weighted by atomic mass is 15.0. The molecule has 78 valence electrons. The van der Waals surface area contributed by atoms with E-state index in [1.807, 2.05) is 6.07 Å². The molecule has 4 nitrogen and oxygen atoms in total. The fraction of sp³-hybridized carbons (Fsp3) is 0.364. The van der Waals surface area contributed by atoms with Crippen molar-refractivity contribution < 1.29 is 0 Å². The molecule has 15 heavy (non-hydrogen) atoms. The molecular formula is C11H14N4. The number of nitrogens with zero attached hydrogens (tertiary/aromatic N) is 1. The standard InChI is InChI=1S/C11H14N4/c12-11(8-4-13-5-8)7-1-2-9-10(3-7)15-6-14-9/h1-3,6,8,11,13H,4-5,12H2,(H,14,15). The second-order valence-electron chi connectivity index (χ2n) is 4.12. The summed E-state index contributed by atoms with van der Waals surface area (Å²) in [5, 5.41) is 3.24. The van der Waals surface area contributed by atoms with Crippen molar-refractivity contribution in [2.75, 3.05) is 13.1 Å². The highest BCUT2D eigenvalue weighted by Gasteiger charge is 2.25. The third-order valence-electron chi connectivity index (χ3n) is 3.15. The largest absolute Gasteiger partial charge is 0.345 e. The number of rotatable bonds is 2. The maximum atomic E-state index is 6.19. The summed E-state index contributed by atoms with van der Waals surface area (Å²) in [7, 11) is 0. The molecule has 2 aromatic rings. The van der Waals surface area contributed by atoms with E-state index in [9.17, 15) is 0 Å². The van der Waals surface area contributed by atoms with Crippen LogP contribution in [-0.4, -0.2) is 23.1 Å². The molecule has 4 heteroatoms. The van der Waals surface area contributed by atoms with Crippen LogP contribution in [-0.2, 0) is 0 Å². The Morgan fingerprint density at radius 2 is 2.27 bits per heavy atom. The molecule has 1 aromatic heterocycles. The lowest BCUT2D eigenvalue weighted by atomic mass is 9.89. The Morgan fingerprint density at radius 3 is 3.00 bits per heavy atom. The maximum Gasteiger partial charge on any atom is 0.0931 e. The second kappa shape index (κ2) is 3.32. The average molecular weight is 202 g/mol. The zero-order valence-electron chi connectivity index (χ0n) is 8.40. The first-order chi connectivity index (χ1) is 7.34. The Hall–Kier alpha value is -1.39. The summed E-state index contributed by atoms with van der Waals surface area (Å²) in [4.78, 5) is 7.30. The van der Waals surface area contributed by atoms with Gasteiger partial charge in [0.1, 0.15) is 0 Å². The molecule has 1 saturated heterocycles. The van der Waals surface area contributed by atoms with Crippen molar-refractivity contribution in [3.05, 3.63) is 30.1 Å². The number of benzene rings is 1. The van der Waals surface area contributed by atoms with Crippen molar-refractivity contribution in [3.63, 3.8) is 0 Å². The number of imidazole rings is 1. The van der Waals surface area contributed by atoms with Crippen LogP contribution in [0.2, 0.25) is 0 Å². The van der Waals surface area contributed by atoms with Crippen molar-refractivity contribution >= 4 is 11.0 Å². The van der Waals surface area contributed by atoms with Crippen LogP contribution in [0, 0.1) is 5.92 Å². The van der Waals surface area contributed by atoms with Crippen molar-refractivity contribution in [1.29, 1.82) is 0 Å². The molecule has 0 bridgehead atoms.